The molecule has 1 unspecified atom stereocenters. The zero-order chi connectivity index (χ0) is 10.1. The molecule has 0 aliphatic carbocycles. The number of rotatable bonds is 8. The Hall–Kier alpha value is -0.120. The predicted octanol–water partition coefficient (Wildman–Crippen LogP) is 0.953. The number of methoxy groups -OCH3 is 1. The second-order valence-electron chi connectivity index (χ2n) is 3.50. The van der Waals surface area contributed by atoms with E-state index in [9.17, 15) is 0 Å². The lowest BCUT2D eigenvalue weighted by Gasteiger charge is -2.27. The van der Waals surface area contributed by atoms with Gasteiger partial charge >= 0.3 is 0 Å². The summed E-state index contributed by atoms with van der Waals surface area (Å²) in [6, 6.07) is 0.501. The average Bonchev–Trinajstić information content (AvgIpc) is 2.14. The maximum atomic E-state index is 5.18. The van der Waals surface area contributed by atoms with Crippen molar-refractivity contribution in [1.82, 2.24) is 10.2 Å². The summed E-state index contributed by atoms with van der Waals surface area (Å²) in [5.74, 6) is 0. The quantitative estimate of drug-likeness (QED) is 0.614. The fourth-order valence-electron chi connectivity index (χ4n) is 1.36. The van der Waals surface area contributed by atoms with Crippen LogP contribution in [0.1, 0.15) is 19.8 Å². The van der Waals surface area contributed by atoms with Crippen molar-refractivity contribution in [1.29, 1.82) is 0 Å². The topological polar surface area (TPSA) is 24.5 Å². The number of nitrogens with zero attached hydrogens (tertiary/aromatic N) is 1. The standard InChI is InChI=1S/C10H24N2O/c1-5-6-7-12(3)10(8-11-2)9-13-4/h10-11H,5-9H2,1-4H3. The lowest BCUT2D eigenvalue weighted by Crippen LogP contribution is -2.42. The van der Waals surface area contributed by atoms with Crippen molar-refractivity contribution < 1.29 is 4.74 Å². The van der Waals surface area contributed by atoms with Crippen LogP contribution in [0.2, 0.25) is 0 Å². The Balaban J connectivity index is 3.72. The fraction of sp³-hybridized carbons (Fsp3) is 1.00. The van der Waals surface area contributed by atoms with Gasteiger partial charge in [-0.3, -0.25) is 4.90 Å². The van der Waals surface area contributed by atoms with Crippen LogP contribution in [0, 0.1) is 0 Å². The van der Waals surface area contributed by atoms with E-state index in [0.29, 0.717) is 6.04 Å². The third kappa shape index (κ3) is 6.02. The summed E-state index contributed by atoms with van der Waals surface area (Å²) in [6.07, 6.45) is 2.52. The molecule has 0 saturated carbocycles. The van der Waals surface area contributed by atoms with E-state index in [1.54, 1.807) is 7.11 Å². The summed E-state index contributed by atoms with van der Waals surface area (Å²) >= 11 is 0. The molecule has 0 fully saturated rings. The highest BCUT2D eigenvalue weighted by atomic mass is 16.5. The van der Waals surface area contributed by atoms with Crippen molar-refractivity contribution in [2.24, 2.45) is 0 Å². The van der Waals surface area contributed by atoms with Crippen LogP contribution in [0.4, 0.5) is 0 Å². The Bertz CT molecular complexity index is 103. The monoisotopic (exact) mass is 188 g/mol. The lowest BCUT2D eigenvalue weighted by molar-refractivity contribution is 0.105. The SMILES string of the molecule is CCCCN(C)C(CNC)COC. The van der Waals surface area contributed by atoms with Gasteiger partial charge in [0.05, 0.1) is 6.61 Å². The summed E-state index contributed by atoms with van der Waals surface area (Å²) in [6.45, 7) is 5.18. The highest BCUT2D eigenvalue weighted by Crippen LogP contribution is 1.99. The van der Waals surface area contributed by atoms with Gasteiger partial charge in [-0.2, -0.15) is 0 Å². The molecule has 0 radical (unpaired) electrons. The molecule has 3 heteroatoms. The van der Waals surface area contributed by atoms with Gasteiger partial charge in [-0.05, 0) is 27.1 Å². The molecule has 0 bridgehead atoms. The molecular formula is C10H24N2O. The summed E-state index contributed by atoms with van der Waals surface area (Å²) in [5, 5.41) is 3.19. The van der Waals surface area contributed by atoms with Crippen LogP contribution in [-0.2, 0) is 4.74 Å². The van der Waals surface area contributed by atoms with E-state index in [-0.39, 0.29) is 0 Å². The molecule has 80 valence electrons. The third-order valence-corrected chi connectivity index (χ3v) is 2.29. The lowest BCUT2D eigenvalue weighted by atomic mass is 10.2. The number of hydrogen-bond acceptors (Lipinski definition) is 3. The van der Waals surface area contributed by atoms with E-state index in [1.807, 2.05) is 7.05 Å². The first-order valence-corrected chi connectivity index (χ1v) is 5.10. The molecule has 0 saturated heterocycles. The first kappa shape index (κ1) is 12.9. The molecule has 1 atom stereocenters. The fourth-order valence-corrected chi connectivity index (χ4v) is 1.36. The van der Waals surface area contributed by atoms with Gasteiger partial charge in [-0.25, -0.2) is 0 Å². The molecule has 0 aromatic heterocycles. The molecule has 0 aromatic rings. The largest absolute Gasteiger partial charge is 0.383 e. The van der Waals surface area contributed by atoms with E-state index in [1.165, 1.54) is 12.8 Å². The van der Waals surface area contributed by atoms with Crippen LogP contribution in [0.15, 0.2) is 0 Å². The van der Waals surface area contributed by atoms with E-state index in [0.717, 1.165) is 19.7 Å². The summed E-state index contributed by atoms with van der Waals surface area (Å²) in [4.78, 5) is 2.36. The molecule has 0 spiro atoms. The number of hydrogen-bond donors (Lipinski definition) is 1. The molecule has 0 heterocycles. The Labute approximate surface area is 82.4 Å². The van der Waals surface area contributed by atoms with E-state index in [2.05, 4.69) is 24.2 Å². The van der Waals surface area contributed by atoms with Gasteiger partial charge < -0.3 is 10.1 Å². The van der Waals surface area contributed by atoms with Gasteiger partial charge in [0.2, 0.25) is 0 Å². The van der Waals surface area contributed by atoms with Crippen molar-refractivity contribution >= 4 is 0 Å². The van der Waals surface area contributed by atoms with Crippen LogP contribution in [0.3, 0.4) is 0 Å². The normalized spacial score (nSPS) is 13.6. The Kier molecular flexibility index (Phi) is 8.40. The maximum Gasteiger partial charge on any atom is 0.0630 e. The van der Waals surface area contributed by atoms with Gasteiger partial charge in [-0.15, -0.1) is 0 Å². The number of nitrogens with one attached hydrogen (secondary N) is 1. The maximum absolute atomic E-state index is 5.18. The Morgan fingerprint density at radius 3 is 2.62 bits per heavy atom. The van der Waals surface area contributed by atoms with Crippen LogP contribution in [-0.4, -0.2) is 51.8 Å². The van der Waals surface area contributed by atoms with Crippen molar-refractivity contribution in [2.45, 2.75) is 25.8 Å². The molecule has 0 aliphatic rings. The van der Waals surface area contributed by atoms with Crippen molar-refractivity contribution in [3.8, 4) is 0 Å². The predicted molar refractivity (Wildman–Crippen MR) is 57.1 cm³/mol. The van der Waals surface area contributed by atoms with Crippen molar-refractivity contribution in [3.05, 3.63) is 0 Å². The smallest absolute Gasteiger partial charge is 0.0630 e. The van der Waals surface area contributed by atoms with Gasteiger partial charge in [-0.1, -0.05) is 13.3 Å². The molecule has 0 rings (SSSR count). The van der Waals surface area contributed by atoms with E-state index in [4.69, 9.17) is 4.74 Å². The zero-order valence-corrected chi connectivity index (χ0v) is 9.47. The second kappa shape index (κ2) is 8.48. The Morgan fingerprint density at radius 1 is 1.46 bits per heavy atom. The summed E-state index contributed by atoms with van der Waals surface area (Å²) in [5.41, 5.74) is 0. The van der Waals surface area contributed by atoms with E-state index >= 15 is 0 Å². The van der Waals surface area contributed by atoms with Crippen LogP contribution in [0.25, 0.3) is 0 Å². The van der Waals surface area contributed by atoms with Crippen LogP contribution < -0.4 is 5.32 Å². The molecule has 0 aliphatic heterocycles. The van der Waals surface area contributed by atoms with E-state index < -0.39 is 0 Å². The summed E-state index contributed by atoms with van der Waals surface area (Å²) in [7, 11) is 5.91. The molecule has 13 heavy (non-hydrogen) atoms. The summed E-state index contributed by atoms with van der Waals surface area (Å²) < 4.78 is 5.18. The van der Waals surface area contributed by atoms with Crippen LogP contribution >= 0.6 is 0 Å². The molecule has 0 amide bonds. The second-order valence-corrected chi connectivity index (χ2v) is 3.50. The Morgan fingerprint density at radius 2 is 2.15 bits per heavy atom. The third-order valence-electron chi connectivity index (χ3n) is 2.29. The van der Waals surface area contributed by atoms with Gasteiger partial charge in [0, 0.05) is 19.7 Å². The number of ether oxygens (including phenoxy) is 1. The molecule has 0 aromatic carbocycles. The average molecular weight is 188 g/mol. The first-order chi connectivity index (χ1) is 6.26. The highest BCUT2D eigenvalue weighted by molar-refractivity contribution is 4.69. The zero-order valence-electron chi connectivity index (χ0n) is 9.47. The van der Waals surface area contributed by atoms with Gasteiger partial charge in [0.1, 0.15) is 0 Å². The number of likely N-dealkylation sites (N-methyl/N-ethyl adjacent to an activating group) is 2. The van der Waals surface area contributed by atoms with Crippen LogP contribution in [0.5, 0.6) is 0 Å². The highest BCUT2D eigenvalue weighted by Gasteiger charge is 2.12. The van der Waals surface area contributed by atoms with Crippen molar-refractivity contribution in [3.63, 3.8) is 0 Å². The number of unbranched alkanes of at least 4 members (excludes halogenated alkanes) is 1. The molecular weight excluding hydrogens is 164 g/mol. The molecule has 3 nitrogen and oxygen atoms in total. The minimum absolute atomic E-state index is 0.501. The first-order valence-electron chi connectivity index (χ1n) is 5.10. The minimum atomic E-state index is 0.501. The molecule has 1 N–H and O–H groups in total. The van der Waals surface area contributed by atoms with Crippen molar-refractivity contribution in [2.75, 3.05) is 40.9 Å². The minimum Gasteiger partial charge on any atom is -0.383 e. The van der Waals surface area contributed by atoms with Gasteiger partial charge in [0.15, 0.2) is 0 Å². The van der Waals surface area contributed by atoms with Gasteiger partial charge in [0.25, 0.3) is 0 Å².